The van der Waals surface area contributed by atoms with Crippen molar-refractivity contribution in [1.29, 1.82) is 0 Å². The van der Waals surface area contributed by atoms with Crippen molar-refractivity contribution in [3.8, 4) is 11.1 Å². The monoisotopic (exact) mass is 255 g/mol. The molecule has 19 heavy (non-hydrogen) atoms. The molecule has 2 aromatic rings. The summed E-state index contributed by atoms with van der Waals surface area (Å²) >= 11 is 0. The first-order valence-corrected chi connectivity index (χ1v) is 7.05. The van der Waals surface area contributed by atoms with E-state index in [-0.39, 0.29) is 0 Å². The van der Waals surface area contributed by atoms with Crippen LogP contribution in [0.15, 0.2) is 30.5 Å². The van der Waals surface area contributed by atoms with Gasteiger partial charge in [0.05, 0.1) is 11.9 Å². The molecule has 1 saturated heterocycles. The quantitative estimate of drug-likeness (QED) is 0.894. The zero-order valence-electron chi connectivity index (χ0n) is 11.7. The predicted octanol–water partition coefficient (Wildman–Crippen LogP) is 2.86. The summed E-state index contributed by atoms with van der Waals surface area (Å²) < 4.78 is 2.05. The maximum Gasteiger partial charge on any atom is 0.0571 e. The zero-order chi connectivity index (χ0) is 13.2. The van der Waals surface area contributed by atoms with Gasteiger partial charge in [0.15, 0.2) is 0 Å². The third-order valence-electron chi connectivity index (χ3n) is 4.03. The van der Waals surface area contributed by atoms with Gasteiger partial charge in [-0.3, -0.25) is 4.68 Å². The van der Waals surface area contributed by atoms with Crippen LogP contribution in [0, 0.1) is 6.92 Å². The Morgan fingerprint density at radius 3 is 2.74 bits per heavy atom. The van der Waals surface area contributed by atoms with Crippen LogP contribution in [0.2, 0.25) is 0 Å². The third-order valence-corrected chi connectivity index (χ3v) is 4.03. The fourth-order valence-electron chi connectivity index (χ4n) is 2.97. The number of aromatic nitrogens is 2. The Hall–Kier alpha value is -1.61. The molecule has 1 aliphatic rings. The Balaban J connectivity index is 1.99. The lowest BCUT2D eigenvalue weighted by Gasteiger charge is -2.24. The summed E-state index contributed by atoms with van der Waals surface area (Å²) in [4.78, 5) is 0. The van der Waals surface area contributed by atoms with Crippen LogP contribution < -0.4 is 5.32 Å². The van der Waals surface area contributed by atoms with E-state index in [4.69, 9.17) is 0 Å². The fraction of sp³-hybridized carbons (Fsp3) is 0.438. The van der Waals surface area contributed by atoms with Crippen molar-refractivity contribution in [3.05, 3.63) is 41.7 Å². The van der Waals surface area contributed by atoms with Gasteiger partial charge in [0, 0.05) is 25.1 Å². The van der Waals surface area contributed by atoms with Crippen LogP contribution in [0.1, 0.15) is 30.0 Å². The highest BCUT2D eigenvalue weighted by Gasteiger charge is 2.22. The van der Waals surface area contributed by atoms with Crippen molar-refractivity contribution >= 4 is 0 Å². The van der Waals surface area contributed by atoms with E-state index in [1.807, 2.05) is 10.9 Å². The maximum atomic E-state index is 4.48. The van der Waals surface area contributed by atoms with Crippen molar-refractivity contribution in [2.75, 3.05) is 13.1 Å². The highest BCUT2D eigenvalue weighted by atomic mass is 15.3. The van der Waals surface area contributed by atoms with Crippen LogP contribution in [0.5, 0.6) is 0 Å². The zero-order valence-corrected chi connectivity index (χ0v) is 11.7. The number of hydrogen-bond donors (Lipinski definition) is 1. The van der Waals surface area contributed by atoms with Crippen molar-refractivity contribution in [1.82, 2.24) is 15.1 Å². The molecular weight excluding hydrogens is 234 g/mol. The Morgan fingerprint density at radius 1 is 1.26 bits per heavy atom. The van der Waals surface area contributed by atoms with Crippen LogP contribution in [0.25, 0.3) is 11.1 Å². The second-order valence-electron chi connectivity index (χ2n) is 5.48. The van der Waals surface area contributed by atoms with Crippen molar-refractivity contribution in [3.63, 3.8) is 0 Å². The largest absolute Gasteiger partial charge is 0.316 e. The lowest BCUT2D eigenvalue weighted by atomic mass is 9.91. The lowest BCUT2D eigenvalue weighted by molar-refractivity contribution is 0.442. The highest BCUT2D eigenvalue weighted by Crippen LogP contribution is 2.32. The van der Waals surface area contributed by atoms with Crippen molar-refractivity contribution in [2.24, 2.45) is 7.05 Å². The SMILES string of the molecule is Cc1ccc(-c2cnn(C)c2C2CCCNC2)cc1. The van der Waals surface area contributed by atoms with Crippen LogP contribution in [0.4, 0.5) is 0 Å². The third kappa shape index (κ3) is 2.43. The topological polar surface area (TPSA) is 29.9 Å². The van der Waals surface area contributed by atoms with Gasteiger partial charge in [-0.1, -0.05) is 29.8 Å². The summed E-state index contributed by atoms with van der Waals surface area (Å²) in [6.07, 6.45) is 4.52. The Labute approximate surface area is 114 Å². The highest BCUT2D eigenvalue weighted by molar-refractivity contribution is 5.66. The Bertz CT molecular complexity index is 548. The van der Waals surface area contributed by atoms with Crippen LogP contribution >= 0.6 is 0 Å². The number of piperidine rings is 1. The van der Waals surface area contributed by atoms with Crippen molar-refractivity contribution in [2.45, 2.75) is 25.7 Å². The molecule has 3 rings (SSSR count). The summed E-state index contributed by atoms with van der Waals surface area (Å²) in [5.74, 6) is 0.581. The summed E-state index contributed by atoms with van der Waals surface area (Å²) in [6.45, 7) is 4.34. The smallest absolute Gasteiger partial charge is 0.0571 e. The average molecular weight is 255 g/mol. The molecule has 1 atom stereocenters. The second-order valence-corrected chi connectivity index (χ2v) is 5.48. The molecule has 0 spiro atoms. The molecule has 1 unspecified atom stereocenters. The van der Waals surface area contributed by atoms with E-state index in [0.29, 0.717) is 5.92 Å². The van der Waals surface area contributed by atoms with E-state index in [1.165, 1.54) is 35.2 Å². The average Bonchev–Trinajstić information content (AvgIpc) is 2.82. The summed E-state index contributed by atoms with van der Waals surface area (Å²) in [5, 5.41) is 7.98. The molecule has 0 bridgehead atoms. The van der Waals surface area contributed by atoms with Gasteiger partial charge in [-0.05, 0) is 31.9 Å². The van der Waals surface area contributed by atoms with Crippen LogP contribution in [-0.2, 0) is 7.05 Å². The molecule has 1 aromatic heterocycles. The lowest BCUT2D eigenvalue weighted by Crippen LogP contribution is -2.29. The molecule has 1 N–H and O–H groups in total. The van der Waals surface area contributed by atoms with Gasteiger partial charge in [0.1, 0.15) is 0 Å². The maximum absolute atomic E-state index is 4.48. The summed E-state index contributed by atoms with van der Waals surface area (Å²) in [6, 6.07) is 8.74. The van der Waals surface area contributed by atoms with Gasteiger partial charge < -0.3 is 5.32 Å². The predicted molar refractivity (Wildman–Crippen MR) is 78.2 cm³/mol. The number of nitrogens with zero attached hydrogens (tertiary/aromatic N) is 2. The fourth-order valence-corrected chi connectivity index (χ4v) is 2.97. The van der Waals surface area contributed by atoms with Crippen molar-refractivity contribution < 1.29 is 0 Å². The molecule has 2 heterocycles. The summed E-state index contributed by atoms with van der Waals surface area (Å²) in [7, 11) is 2.06. The molecule has 3 heteroatoms. The van der Waals surface area contributed by atoms with Gasteiger partial charge in [-0.15, -0.1) is 0 Å². The first-order chi connectivity index (χ1) is 9.25. The van der Waals surface area contributed by atoms with E-state index in [0.717, 1.165) is 13.1 Å². The number of nitrogens with one attached hydrogen (secondary N) is 1. The molecular formula is C16H21N3. The molecule has 0 saturated carbocycles. The number of hydrogen-bond acceptors (Lipinski definition) is 2. The first kappa shape index (κ1) is 12.4. The molecule has 1 aromatic carbocycles. The van der Waals surface area contributed by atoms with E-state index >= 15 is 0 Å². The van der Waals surface area contributed by atoms with Gasteiger partial charge in [0.25, 0.3) is 0 Å². The molecule has 1 aliphatic heterocycles. The molecule has 0 radical (unpaired) electrons. The second kappa shape index (κ2) is 5.17. The standard InChI is InChI=1S/C16H21N3/c1-12-5-7-13(8-6-12)15-11-18-19(2)16(15)14-4-3-9-17-10-14/h5-8,11,14,17H,3-4,9-10H2,1-2H3. The minimum absolute atomic E-state index is 0.581. The Morgan fingerprint density at radius 2 is 2.05 bits per heavy atom. The number of benzene rings is 1. The van der Waals surface area contributed by atoms with E-state index in [1.54, 1.807) is 0 Å². The molecule has 100 valence electrons. The van der Waals surface area contributed by atoms with Gasteiger partial charge in [-0.25, -0.2) is 0 Å². The first-order valence-electron chi connectivity index (χ1n) is 7.05. The van der Waals surface area contributed by atoms with Crippen LogP contribution in [0.3, 0.4) is 0 Å². The van der Waals surface area contributed by atoms with E-state index in [9.17, 15) is 0 Å². The van der Waals surface area contributed by atoms with Crippen LogP contribution in [-0.4, -0.2) is 22.9 Å². The number of aryl methyl sites for hydroxylation is 2. The molecule has 0 amide bonds. The Kier molecular flexibility index (Phi) is 3.38. The molecule has 3 nitrogen and oxygen atoms in total. The van der Waals surface area contributed by atoms with E-state index in [2.05, 4.69) is 48.7 Å². The minimum atomic E-state index is 0.581. The molecule has 1 fully saturated rings. The number of rotatable bonds is 2. The molecule has 0 aliphatic carbocycles. The normalized spacial score (nSPS) is 19.6. The van der Waals surface area contributed by atoms with Gasteiger partial charge >= 0.3 is 0 Å². The van der Waals surface area contributed by atoms with Gasteiger partial charge in [0.2, 0.25) is 0 Å². The van der Waals surface area contributed by atoms with Gasteiger partial charge in [-0.2, -0.15) is 5.10 Å². The summed E-state index contributed by atoms with van der Waals surface area (Å²) in [5.41, 5.74) is 5.24. The van der Waals surface area contributed by atoms with E-state index < -0.39 is 0 Å². The minimum Gasteiger partial charge on any atom is -0.316 e.